The van der Waals surface area contributed by atoms with Gasteiger partial charge in [-0.25, -0.2) is 4.98 Å². The van der Waals surface area contributed by atoms with Crippen molar-refractivity contribution < 1.29 is 27.8 Å². The number of hydrogen-bond acceptors (Lipinski definition) is 5. The van der Waals surface area contributed by atoms with Crippen LogP contribution in [0.4, 0.5) is 8.78 Å². The average Bonchev–Trinajstić information content (AvgIpc) is 3.35. The monoisotopic (exact) mass is 507 g/mol. The summed E-state index contributed by atoms with van der Waals surface area (Å²) >= 11 is 0. The minimum Gasteiger partial charge on any atom is -0.489 e. The zero-order chi connectivity index (χ0) is 25.6. The molecule has 1 aromatic heterocycles. The van der Waals surface area contributed by atoms with Crippen molar-refractivity contribution in [2.75, 3.05) is 19.8 Å². The van der Waals surface area contributed by atoms with Crippen LogP contribution in [0.2, 0.25) is 0 Å². The van der Waals surface area contributed by atoms with Crippen molar-refractivity contribution in [3.63, 3.8) is 0 Å². The molecule has 1 amide bonds. The molecule has 1 saturated heterocycles. The normalized spacial score (nSPS) is 14.1. The Bertz CT molecular complexity index is 1330. The van der Waals surface area contributed by atoms with E-state index in [9.17, 15) is 13.6 Å². The second-order valence-electron chi connectivity index (χ2n) is 8.89. The van der Waals surface area contributed by atoms with Crippen LogP contribution >= 0.6 is 0 Å². The number of aromatic nitrogens is 2. The van der Waals surface area contributed by atoms with Gasteiger partial charge < -0.3 is 19.5 Å². The highest BCUT2D eigenvalue weighted by Gasteiger charge is 2.16. The topological polar surface area (TPSA) is 74.6 Å². The second-order valence-corrected chi connectivity index (χ2v) is 8.89. The molecule has 1 aliphatic rings. The zero-order valence-corrected chi connectivity index (χ0v) is 20.1. The zero-order valence-electron chi connectivity index (χ0n) is 20.1. The lowest BCUT2D eigenvalue weighted by atomic mass is 10.0. The highest BCUT2D eigenvalue weighted by molar-refractivity contribution is 5.97. The van der Waals surface area contributed by atoms with Gasteiger partial charge in [0, 0.05) is 31.0 Å². The molecule has 1 aliphatic heterocycles. The Morgan fingerprint density at radius 2 is 1.76 bits per heavy atom. The smallest absolute Gasteiger partial charge is 0.387 e. The SMILES string of the molecule is O=C(NCC1CCOCC1)c1ccc2c(c1)ncn2-c1ccc(OCc2ccc(OC(F)F)cc2)cc1. The highest BCUT2D eigenvalue weighted by Crippen LogP contribution is 2.23. The van der Waals surface area contributed by atoms with E-state index in [-0.39, 0.29) is 11.7 Å². The number of rotatable bonds is 9. The summed E-state index contributed by atoms with van der Waals surface area (Å²) in [5.41, 5.74) is 3.94. The van der Waals surface area contributed by atoms with Crippen LogP contribution < -0.4 is 14.8 Å². The third kappa shape index (κ3) is 6.24. The highest BCUT2D eigenvalue weighted by atomic mass is 19.3. The molecule has 192 valence electrons. The predicted molar refractivity (Wildman–Crippen MR) is 134 cm³/mol. The van der Waals surface area contributed by atoms with Crippen LogP contribution in [-0.4, -0.2) is 41.8 Å². The molecule has 37 heavy (non-hydrogen) atoms. The summed E-state index contributed by atoms with van der Waals surface area (Å²) in [5, 5.41) is 3.03. The van der Waals surface area contributed by atoms with Crippen LogP contribution in [0.25, 0.3) is 16.7 Å². The maximum absolute atomic E-state index is 12.6. The van der Waals surface area contributed by atoms with Crippen molar-refractivity contribution in [2.24, 2.45) is 5.92 Å². The number of benzene rings is 3. The minimum absolute atomic E-state index is 0.0966. The maximum Gasteiger partial charge on any atom is 0.387 e. The third-order valence-electron chi connectivity index (χ3n) is 6.37. The number of alkyl halides is 2. The Hall–Kier alpha value is -3.98. The molecule has 3 aromatic carbocycles. The Balaban J connectivity index is 1.20. The molecule has 4 aromatic rings. The van der Waals surface area contributed by atoms with Crippen LogP contribution in [0.5, 0.6) is 11.5 Å². The number of carbonyl (C=O) groups excluding carboxylic acids is 1. The summed E-state index contributed by atoms with van der Waals surface area (Å²) in [6, 6.07) is 19.4. The first kappa shape index (κ1) is 24.7. The number of imidazole rings is 1. The number of amides is 1. The lowest BCUT2D eigenvalue weighted by Crippen LogP contribution is -2.32. The number of nitrogens with zero attached hydrogens (tertiary/aromatic N) is 2. The number of carbonyl (C=O) groups is 1. The molecule has 0 unspecified atom stereocenters. The van der Waals surface area contributed by atoms with Gasteiger partial charge in [-0.2, -0.15) is 8.78 Å². The van der Waals surface area contributed by atoms with Crippen molar-refractivity contribution in [1.29, 1.82) is 0 Å². The minimum atomic E-state index is -2.85. The van der Waals surface area contributed by atoms with Crippen LogP contribution in [-0.2, 0) is 11.3 Å². The molecule has 0 saturated carbocycles. The van der Waals surface area contributed by atoms with Gasteiger partial charge in [-0.3, -0.25) is 9.36 Å². The Morgan fingerprint density at radius 3 is 2.49 bits per heavy atom. The average molecular weight is 508 g/mol. The van der Waals surface area contributed by atoms with Gasteiger partial charge >= 0.3 is 6.61 Å². The molecule has 1 N–H and O–H groups in total. The van der Waals surface area contributed by atoms with Crippen LogP contribution in [0.1, 0.15) is 28.8 Å². The molecule has 1 fully saturated rings. The summed E-state index contributed by atoms with van der Waals surface area (Å²) in [5.74, 6) is 1.14. The fourth-order valence-corrected chi connectivity index (χ4v) is 4.29. The molecule has 9 heteroatoms. The third-order valence-corrected chi connectivity index (χ3v) is 6.37. The number of hydrogen-bond donors (Lipinski definition) is 1. The molecular formula is C28H27F2N3O4. The molecule has 0 atom stereocenters. The molecule has 5 rings (SSSR count). The van der Waals surface area contributed by atoms with Crippen molar-refractivity contribution >= 4 is 16.9 Å². The van der Waals surface area contributed by atoms with Gasteiger partial charge in [0.15, 0.2) is 0 Å². The van der Waals surface area contributed by atoms with Gasteiger partial charge in [-0.1, -0.05) is 12.1 Å². The van der Waals surface area contributed by atoms with E-state index in [0.717, 1.165) is 48.3 Å². The Morgan fingerprint density at radius 1 is 1.03 bits per heavy atom. The summed E-state index contributed by atoms with van der Waals surface area (Å²) < 4.78 is 42.1. The number of ether oxygens (including phenoxy) is 3. The van der Waals surface area contributed by atoms with Gasteiger partial charge in [-0.15, -0.1) is 0 Å². The van der Waals surface area contributed by atoms with Crippen molar-refractivity contribution in [1.82, 2.24) is 14.9 Å². The van der Waals surface area contributed by atoms with E-state index in [1.54, 1.807) is 24.5 Å². The molecule has 0 radical (unpaired) electrons. The van der Waals surface area contributed by atoms with Gasteiger partial charge in [-0.05, 0) is 78.9 Å². The molecule has 2 heterocycles. The van der Waals surface area contributed by atoms with Gasteiger partial charge in [0.05, 0.1) is 11.0 Å². The number of halogens is 2. The molecular weight excluding hydrogens is 480 g/mol. The molecule has 0 spiro atoms. The number of fused-ring (bicyclic) bond motifs is 1. The van der Waals surface area contributed by atoms with E-state index >= 15 is 0 Å². The van der Waals surface area contributed by atoms with Gasteiger partial charge in [0.2, 0.25) is 0 Å². The first-order valence-corrected chi connectivity index (χ1v) is 12.2. The Kier molecular flexibility index (Phi) is 7.60. The first-order chi connectivity index (χ1) is 18.0. The van der Waals surface area contributed by atoms with E-state index < -0.39 is 6.61 Å². The molecule has 7 nitrogen and oxygen atoms in total. The van der Waals surface area contributed by atoms with E-state index in [0.29, 0.717) is 30.4 Å². The van der Waals surface area contributed by atoms with Crippen molar-refractivity contribution in [3.8, 4) is 17.2 Å². The standard InChI is InChI=1S/C28H27F2N3O4/c29-28(30)37-24-6-1-20(2-7-24)17-36-23-8-4-22(5-9-23)33-18-32-25-15-21(3-10-26(25)33)27(34)31-16-19-11-13-35-14-12-19/h1-10,15,18-19,28H,11-14,16-17H2,(H,31,34). The summed E-state index contributed by atoms with van der Waals surface area (Å²) in [7, 11) is 0. The predicted octanol–water partition coefficient (Wildman–Crippen LogP) is 5.36. The molecule has 0 bridgehead atoms. The summed E-state index contributed by atoms with van der Waals surface area (Å²) in [4.78, 5) is 17.1. The maximum atomic E-state index is 12.6. The summed E-state index contributed by atoms with van der Waals surface area (Å²) in [6.07, 6.45) is 3.67. The van der Waals surface area contributed by atoms with E-state index in [1.165, 1.54) is 12.1 Å². The lowest BCUT2D eigenvalue weighted by molar-refractivity contribution is -0.0498. The fourth-order valence-electron chi connectivity index (χ4n) is 4.29. The van der Waals surface area contributed by atoms with E-state index in [4.69, 9.17) is 9.47 Å². The summed E-state index contributed by atoms with van der Waals surface area (Å²) in [6.45, 7) is -0.385. The van der Waals surface area contributed by atoms with Crippen LogP contribution in [0, 0.1) is 5.92 Å². The van der Waals surface area contributed by atoms with Crippen LogP contribution in [0.15, 0.2) is 73.1 Å². The Labute approximate surface area is 213 Å². The lowest BCUT2D eigenvalue weighted by Gasteiger charge is -2.22. The fraction of sp³-hybridized carbons (Fsp3) is 0.286. The van der Waals surface area contributed by atoms with Crippen molar-refractivity contribution in [3.05, 3.63) is 84.2 Å². The van der Waals surface area contributed by atoms with Crippen LogP contribution in [0.3, 0.4) is 0 Å². The second kappa shape index (κ2) is 11.4. The molecule has 0 aliphatic carbocycles. The van der Waals surface area contributed by atoms with Gasteiger partial charge in [0.1, 0.15) is 24.4 Å². The first-order valence-electron chi connectivity index (χ1n) is 12.2. The van der Waals surface area contributed by atoms with E-state index in [1.807, 2.05) is 41.0 Å². The quantitative estimate of drug-likeness (QED) is 0.330. The van der Waals surface area contributed by atoms with Gasteiger partial charge in [0.25, 0.3) is 5.91 Å². The van der Waals surface area contributed by atoms with E-state index in [2.05, 4.69) is 15.0 Å². The largest absolute Gasteiger partial charge is 0.489 e. The van der Waals surface area contributed by atoms with Crippen molar-refractivity contribution in [2.45, 2.75) is 26.1 Å². The number of nitrogens with one attached hydrogen (secondary N) is 1.